The summed E-state index contributed by atoms with van der Waals surface area (Å²) in [5, 5.41) is 20.0. The zero-order valence-corrected chi connectivity index (χ0v) is 15.2. The van der Waals surface area contributed by atoms with Gasteiger partial charge < -0.3 is 4.74 Å². The third-order valence-electron chi connectivity index (χ3n) is 3.57. The zero-order chi connectivity index (χ0) is 20.4. The summed E-state index contributed by atoms with van der Waals surface area (Å²) >= 11 is 5.52. The van der Waals surface area contributed by atoms with E-state index in [9.17, 15) is 27.9 Å². The second kappa shape index (κ2) is 7.91. The summed E-state index contributed by atoms with van der Waals surface area (Å²) < 4.78 is 55.5. The molecule has 0 aromatic heterocycles. The van der Waals surface area contributed by atoms with Crippen molar-refractivity contribution in [3.63, 3.8) is 0 Å². The Bertz CT molecular complexity index is 973. The van der Waals surface area contributed by atoms with Crippen molar-refractivity contribution >= 4 is 29.4 Å². The lowest BCUT2D eigenvalue weighted by molar-refractivity contribution is -0.383. The maximum atomic E-state index is 12.8. The van der Waals surface area contributed by atoms with E-state index in [2.05, 4.69) is 0 Å². The van der Waals surface area contributed by atoms with Crippen molar-refractivity contribution < 1.29 is 27.4 Å². The van der Waals surface area contributed by atoms with Gasteiger partial charge in [0, 0.05) is 17.7 Å². The van der Waals surface area contributed by atoms with Gasteiger partial charge in [-0.15, -0.1) is 0 Å². The quantitative estimate of drug-likeness (QED) is 0.366. The van der Waals surface area contributed by atoms with Crippen molar-refractivity contribution in [3.05, 3.63) is 57.1 Å². The molecule has 0 N–H and O–H groups in total. The molecule has 0 bridgehead atoms. The van der Waals surface area contributed by atoms with E-state index in [0.717, 1.165) is 24.3 Å². The van der Waals surface area contributed by atoms with E-state index >= 15 is 0 Å². The van der Waals surface area contributed by atoms with Gasteiger partial charge in [-0.2, -0.15) is 18.4 Å². The van der Waals surface area contributed by atoms with E-state index in [1.807, 2.05) is 0 Å². The number of hydrogen-bond donors (Lipinski definition) is 0. The molecule has 27 heavy (non-hydrogen) atoms. The lowest BCUT2D eigenvalue weighted by Gasteiger charge is -2.13. The molecule has 0 fully saturated rings. The highest BCUT2D eigenvalue weighted by atomic mass is 35.7. The molecular formula is C16H10ClF3N2O4P+. The summed E-state index contributed by atoms with van der Waals surface area (Å²) in [6, 6.07) is 6.21. The van der Waals surface area contributed by atoms with Crippen LogP contribution in [0.1, 0.15) is 23.6 Å². The Labute approximate surface area is 156 Å². The van der Waals surface area contributed by atoms with Gasteiger partial charge in [0.15, 0.2) is 0 Å². The molecule has 11 heteroatoms. The van der Waals surface area contributed by atoms with Crippen molar-refractivity contribution in [2.24, 2.45) is 0 Å². The van der Waals surface area contributed by atoms with E-state index < -0.39 is 29.5 Å². The SMILES string of the molecule is CCc1cc([N+](=O)[O-])c([P+](=O)Cl)cc1Oc1ccc(C(F)(F)F)cc1C#N. The molecule has 0 radical (unpaired) electrons. The van der Waals surface area contributed by atoms with Gasteiger partial charge in [-0.3, -0.25) is 10.1 Å². The van der Waals surface area contributed by atoms with Gasteiger partial charge in [-0.05, 0) is 29.2 Å². The number of nitro benzene ring substituents is 1. The number of ether oxygens (including phenoxy) is 1. The van der Waals surface area contributed by atoms with Crippen LogP contribution in [0.5, 0.6) is 11.5 Å². The van der Waals surface area contributed by atoms with Crippen molar-refractivity contribution in [2.45, 2.75) is 19.5 Å². The van der Waals surface area contributed by atoms with Crippen LogP contribution < -0.4 is 10.0 Å². The second-order valence-electron chi connectivity index (χ2n) is 5.23. The summed E-state index contributed by atoms with van der Waals surface area (Å²) in [7, 11) is -2.60. The van der Waals surface area contributed by atoms with Gasteiger partial charge in [-0.1, -0.05) is 6.92 Å². The topological polar surface area (TPSA) is 93.2 Å². The molecular weight excluding hydrogens is 408 g/mol. The number of hydrogen-bond acceptors (Lipinski definition) is 5. The van der Waals surface area contributed by atoms with Crippen molar-refractivity contribution in [3.8, 4) is 17.6 Å². The van der Waals surface area contributed by atoms with E-state index in [4.69, 9.17) is 21.2 Å². The van der Waals surface area contributed by atoms with Gasteiger partial charge in [-0.25, -0.2) is 0 Å². The molecule has 0 aliphatic heterocycles. The van der Waals surface area contributed by atoms with Gasteiger partial charge in [0.2, 0.25) is 11.2 Å². The first-order valence-corrected chi connectivity index (χ1v) is 9.48. The van der Waals surface area contributed by atoms with Crippen LogP contribution in [0, 0.1) is 21.4 Å². The number of aryl methyl sites for hydroxylation is 1. The van der Waals surface area contributed by atoms with Crippen molar-refractivity contribution in [1.29, 1.82) is 5.26 Å². The molecule has 2 aromatic carbocycles. The first-order valence-electron chi connectivity index (χ1n) is 7.32. The summed E-state index contributed by atoms with van der Waals surface area (Å²) in [5.41, 5.74) is -1.51. The molecule has 2 aromatic rings. The Morgan fingerprint density at radius 2 is 1.96 bits per heavy atom. The standard InChI is InChI=1S/C16H10ClF3N2O4P/c1-2-9-6-12(22(23)24)15(27(17)25)7-14(9)26-13-4-3-11(16(18,19)20)5-10(13)8-21/h3-7H,2H2,1H3/q+1. The highest BCUT2D eigenvalue weighted by molar-refractivity contribution is 7.80. The van der Waals surface area contributed by atoms with E-state index in [0.29, 0.717) is 11.6 Å². The Morgan fingerprint density at radius 1 is 1.30 bits per heavy atom. The Morgan fingerprint density at radius 3 is 2.44 bits per heavy atom. The molecule has 0 aliphatic carbocycles. The minimum absolute atomic E-state index is 0.0124. The lowest BCUT2D eigenvalue weighted by Crippen LogP contribution is -2.08. The summed E-state index contributed by atoms with van der Waals surface area (Å²) in [4.78, 5) is 10.4. The number of nitriles is 1. The molecule has 6 nitrogen and oxygen atoms in total. The van der Waals surface area contributed by atoms with Crippen LogP contribution in [0.2, 0.25) is 0 Å². The van der Waals surface area contributed by atoms with Crippen molar-refractivity contribution in [2.75, 3.05) is 0 Å². The maximum Gasteiger partial charge on any atom is 0.501 e. The molecule has 0 amide bonds. The first kappa shape index (κ1) is 20.6. The molecule has 0 aliphatic rings. The number of halogens is 4. The molecule has 0 saturated heterocycles. The van der Waals surface area contributed by atoms with Crippen LogP contribution >= 0.6 is 18.4 Å². The molecule has 1 atom stereocenters. The Kier molecular flexibility index (Phi) is 6.04. The zero-order valence-electron chi connectivity index (χ0n) is 13.6. The molecule has 140 valence electrons. The molecule has 0 heterocycles. The van der Waals surface area contributed by atoms with Crippen LogP contribution in [0.3, 0.4) is 0 Å². The van der Waals surface area contributed by atoms with Gasteiger partial charge in [0.05, 0.1) is 16.1 Å². The Hall–Kier alpha value is -2.69. The number of benzene rings is 2. The number of nitrogens with zero attached hydrogens (tertiary/aromatic N) is 2. The van der Waals surface area contributed by atoms with E-state index in [-0.39, 0.29) is 28.8 Å². The van der Waals surface area contributed by atoms with Crippen molar-refractivity contribution in [1.82, 2.24) is 0 Å². The van der Waals surface area contributed by atoms with Crippen LogP contribution in [0.15, 0.2) is 30.3 Å². The fraction of sp³-hybridized carbons (Fsp3) is 0.188. The third-order valence-corrected chi connectivity index (χ3v) is 4.86. The monoisotopic (exact) mass is 417 g/mol. The average Bonchev–Trinajstić information content (AvgIpc) is 2.60. The average molecular weight is 418 g/mol. The minimum Gasteiger partial charge on any atom is -0.456 e. The highest BCUT2D eigenvalue weighted by Crippen LogP contribution is 2.38. The van der Waals surface area contributed by atoms with Gasteiger partial charge in [0.1, 0.15) is 17.6 Å². The number of nitro groups is 1. The molecule has 1 unspecified atom stereocenters. The summed E-state index contributed by atoms with van der Waals surface area (Å²) in [6.45, 7) is 1.67. The normalized spacial score (nSPS) is 11.6. The van der Waals surface area contributed by atoms with E-state index in [1.54, 1.807) is 13.0 Å². The fourth-order valence-electron chi connectivity index (χ4n) is 2.26. The smallest absolute Gasteiger partial charge is 0.456 e. The highest BCUT2D eigenvalue weighted by Gasteiger charge is 2.33. The Balaban J connectivity index is 2.57. The summed E-state index contributed by atoms with van der Waals surface area (Å²) in [6.07, 6.45) is -4.35. The number of alkyl halides is 3. The minimum atomic E-state index is -4.63. The second-order valence-corrected chi connectivity index (χ2v) is 7.12. The van der Waals surface area contributed by atoms with E-state index in [1.165, 1.54) is 0 Å². The third kappa shape index (κ3) is 4.54. The van der Waals surface area contributed by atoms with Crippen LogP contribution in [0.25, 0.3) is 0 Å². The fourth-order valence-corrected chi connectivity index (χ4v) is 3.21. The van der Waals surface area contributed by atoms with Crippen LogP contribution in [-0.2, 0) is 17.2 Å². The summed E-state index contributed by atoms with van der Waals surface area (Å²) in [5.74, 6) is -0.164. The maximum absolute atomic E-state index is 12.8. The van der Waals surface area contributed by atoms with Crippen LogP contribution in [-0.4, -0.2) is 4.92 Å². The predicted molar refractivity (Wildman–Crippen MR) is 91.8 cm³/mol. The number of rotatable bonds is 5. The molecule has 0 saturated carbocycles. The predicted octanol–water partition coefficient (Wildman–Crippen LogP) is 5.45. The first-order chi connectivity index (χ1) is 12.6. The van der Waals surface area contributed by atoms with Gasteiger partial charge >= 0.3 is 19.0 Å². The molecule has 2 rings (SSSR count). The van der Waals surface area contributed by atoms with Crippen LogP contribution in [0.4, 0.5) is 18.9 Å². The van der Waals surface area contributed by atoms with Gasteiger partial charge in [0.25, 0.3) is 5.30 Å². The largest absolute Gasteiger partial charge is 0.501 e. The molecule has 0 spiro atoms. The lowest BCUT2D eigenvalue weighted by atomic mass is 10.1.